The predicted octanol–water partition coefficient (Wildman–Crippen LogP) is 0.778. The zero-order valence-corrected chi connectivity index (χ0v) is 10.2. The van der Waals surface area contributed by atoms with Gasteiger partial charge < -0.3 is 5.73 Å². The van der Waals surface area contributed by atoms with Crippen LogP contribution in [-0.2, 0) is 17.8 Å². The highest BCUT2D eigenvalue weighted by Gasteiger charge is 2.11. The molecule has 0 atom stereocenters. The minimum Gasteiger partial charge on any atom is -0.370 e. The Hall–Kier alpha value is -2.24. The molecule has 0 aromatic carbocycles. The molecule has 0 aliphatic heterocycles. The number of aryl methyl sites for hydroxylation is 2. The van der Waals surface area contributed by atoms with Crippen LogP contribution in [0, 0.1) is 0 Å². The first-order chi connectivity index (χ1) is 8.70. The summed E-state index contributed by atoms with van der Waals surface area (Å²) in [7, 11) is 0. The number of nitrogens with zero attached hydrogens (tertiary/aromatic N) is 4. The molecule has 1 amide bonds. The first-order valence-corrected chi connectivity index (χ1v) is 5.84. The van der Waals surface area contributed by atoms with Crippen LogP contribution in [0.1, 0.15) is 19.2 Å². The highest BCUT2D eigenvalue weighted by Crippen LogP contribution is 2.13. The lowest BCUT2D eigenvalue weighted by Gasteiger charge is -1.99. The van der Waals surface area contributed by atoms with E-state index < -0.39 is 0 Å². The Bertz CT molecular complexity index is 535. The van der Waals surface area contributed by atoms with Gasteiger partial charge in [-0.3, -0.25) is 9.78 Å². The van der Waals surface area contributed by atoms with E-state index in [9.17, 15) is 4.79 Å². The molecule has 6 heteroatoms. The number of primary amides is 1. The molecule has 0 radical (unpaired) electrons. The van der Waals surface area contributed by atoms with Crippen molar-refractivity contribution in [2.24, 2.45) is 5.73 Å². The van der Waals surface area contributed by atoms with E-state index in [0.29, 0.717) is 18.8 Å². The molecule has 0 spiro atoms. The topological polar surface area (TPSA) is 86.7 Å². The number of rotatable bonds is 5. The van der Waals surface area contributed by atoms with Crippen molar-refractivity contribution in [1.82, 2.24) is 19.7 Å². The maximum Gasteiger partial charge on any atom is 0.217 e. The van der Waals surface area contributed by atoms with Gasteiger partial charge in [0.1, 0.15) is 11.5 Å². The van der Waals surface area contributed by atoms with E-state index in [1.165, 1.54) is 0 Å². The number of hydrogen-bond donors (Lipinski definition) is 1. The van der Waals surface area contributed by atoms with Crippen LogP contribution in [-0.4, -0.2) is 25.7 Å². The molecule has 2 aromatic rings. The van der Waals surface area contributed by atoms with Gasteiger partial charge in [0, 0.05) is 25.6 Å². The molecule has 18 heavy (non-hydrogen) atoms. The Morgan fingerprint density at radius 1 is 1.44 bits per heavy atom. The van der Waals surface area contributed by atoms with Crippen LogP contribution in [0.5, 0.6) is 0 Å². The second-order valence-electron chi connectivity index (χ2n) is 3.85. The summed E-state index contributed by atoms with van der Waals surface area (Å²) in [5.41, 5.74) is 5.87. The summed E-state index contributed by atoms with van der Waals surface area (Å²) in [5.74, 6) is 1.01. The Balaban J connectivity index is 2.26. The molecule has 0 aliphatic rings. The number of hydrogen-bond acceptors (Lipinski definition) is 4. The van der Waals surface area contributed by atoms with Gasteiger partial charge in [0.05, 0.1) is 0 Å². The molecule has 0 fully saturated rings. The minimum atomic E-state index is -0.333. The Labute approximate surface area is 105 Å². The smallest absolute Gasteiger partial charge is 0.217 e. The van der Waals surface area contributed by atoms with Gasteiger partial charge in [-0.25, -0.2) is 9.67 Å². The van der Waals surface area contributed by atoms with Crippen molar-refractivity contribution < 1.29 is 4.79 Å². The molecule has 0 saturated heterocycles. The van der Waals surface area contributed by atoms with Crippen molar-refractivity contribution in [2.45, 2.75) is 26.3 Å². The Kier molecular flexibility index (Phi) is 3.66. The van der Waals surface area contributed by atoms with Gasteiger partial charge in [0.15, 0.2) is 5.82 Å². The molecule has 2 aromatic heterocycles. The third kappa shape index (κ3) is 2.71. The average Bonchev–Trinajstić information content (AvgIpc) is 2.80. The molecule has 2 heterocycles. The van der Waals surface area contributed by atoms with E-state index in [0.717, 1.165) is 11.5 Å². The van der Waals surface area contributed by atoms with Crippen molar-refractivity contribution in [2.75, 3.05) is 0 Å². The molecule has 2 N–H and O–H groups in total. The van der Waals surface area contributed by atoms with Crippen LogP contribution < -0.4 is 5.73 Å². The molecule has 0 unspecified atom stereocenters. The van der Waals surface area contributed by atoms with Gasteiger partial charge in [-0.15, -0.1) is 5.10 Å². The van der Waals surface area contributed by atoms with Gasteiger partial charge in [0.25, 0.3) is 0 Å². The third-order valence-corrected chi connectivity index (χ3v) is 2.54. The quantitative estimate of drug-likeness (QED) is 0.843. The number of carbonyl (C=O) groups excluding carboxylic acids is 1. The van der Waals surface area contributed by atoms with E-state index in [4.69, 9.17) is 5.73 Å². The van der Waals surface area contributed by atoms with Crippen LogP contribution in [0.4, 0.5) is 0 Å². The lowest BCUT2D eigenvalue weighted by molar-refractivity contribution is -0.118. The maximum atomic E-state index is 10.8. The fraction of sp³-hybridized carbons (Fsp3) is 0.333. The largest absolute Gasteiger partial charge is 0.370 e. The van der Waals surface area contributed by atoms with E-state index in [1.807, 2.05) is 25.1 Å². The molecule has 0 saturated carbocycles. The monoisotopic (exact) mass is 245 g/mol. The maximum absolute atomic E-state index is 10.8. The molecular weight excluding hydrogens is 230 g/mol. The summed E-state index contributed by atoms with van der Waals surface area (Å²) in [6.07, 6.45) is 2.48. The van der Waals surface area contributed by atoms with Crippen LogP contribution in [0.25, 0.3) is 11.5 Å². The number of carbonyl (C=O) groups is 1. The molecule has 94 valence electrons. The van der Waals surface area contributed by atoms with Crippen LogP contribution >= 0.6 is 0 Å². The van der Waals surface area contributed by atoms with Crippen molar-refractivity contribution in [1.29, 1.82) is 0 Å². The second-order valence-corrected chi connectivity index (χ2v) is 3.85. The highest BCUT2D eigenvalue weighted by molar-refractivity contribution is 5.73. The van der Waals surface area contributed by atoms with Crippen LogP contribution in [0.2, 0.25) is 0 Å². The van der Waals surface area contributed by atoms with Crippen molar-refractivity contribution >= 4 is 5.91 Å². The lowest BCUT2D eigenvalue weighted by Crippen LogP contribution is -2.13. The summed E-state index contributed by atoms with van der Waals surface area (Å²) >= 11 is 0. The third-order valence-electron chi connectivity index (χ3n) is 2.54. The van der Waals surface area contributed by atoms with E-state index in [1.54, 1.807) is 10.9 Å². The molecule has 2 rings (SSSR count). The fourth-order valence-electron chi connectivity index (χ4n) is 1.65. The first kappa shape index (κ1) is 12.2. The standard InChI is InChI=1S/C12H15N5O/c1-2-17-11(7-6-10(13)18)15-12(16-17)9-5-3-4-8-14-9/h3-5,8H,2,6-7H2,1H3,(H2,13,18). The highest BCUT2D eigenvalue weighted by atomic mass is 16.1. The van der Waals surface area contributed by atoms with Gasteiger partial charge in [0.2, 0.25) is 5.91 Å². The second kappa shape index (κ2) is 5.39. The minimum absolute atomic E-state index is 0.278. The van der Waals surface area contributed by atoms with E-state index in [2.05, 4.69) is 15.1 Å². The van der Waals surface area contributed by atoms with Crippen LogP contribution in [0.3, 0.4) is 0 Å². The number of amides is 1. The lowest BCUT2D eigenvalue weighted by atomic mass is 10.3. The normalized spacial score (nSPS) is 10.5. The van der Waals surface area contributed by atoms with Crippen molar-refractivity contribution in [3.05, 3.63) is 30.2 Å². The fourth-order valence-corrected chi connectivity index (χ4v) is 1.65. The summed E-state index contributed by atoms with van der Waals surface area (Å²) in [6, 6.07) is 5.58. The van der Waals surface area contributed by atoms with Gasteiger partial charge in [-0.2, -0.15) is 0 Å². The number of pyridine rings is 1. The van der Waals surface area contributed by atoms with Gasteiger partial charge in [-0.1, -0.05) is 6.07 Å². The molecule has 0 bridgehead atoms. The van der Waals surface area contributed by atoms with E-state index in [-0.39, 0.29) is 12.3 Å². The Morgan fingerprint density at radius 3 is 2.89 bits per heavy atom. The van der Waals surface area contributed by atoms with E-state index >= 15 is 0 Å². The van der Waals surface area contributed by atoms with Gasteiger partial charge in [-0.05, 0) is 19.1 Å². The zero-order chi connectivity index (χ0) is 13.0. The molecular formula is C12H15N5O. The summed E-state index contributed by atoms with van der Waals surface area (Å²) < 4.78 is 1.77. The SMILES string of the molecule is CCn1nc(-c2ccccn2)nc1CCC(N)=O. The molecule has 6 nitrogen and oxygen atoms in total. The summed E-state index contributed by atoms with van der Waals surface area (Å²) in [6.45, 7) is 2.68. The number of aromatic nitrogens is 4. The average molecular weight is 245 g/mol. The van der Waals surface area contributed by atoms with Crippen molar-refractivity contribution in [3.8, 4) is 11.5 Å². The van der Waals surface area contributed by atoms with Crippen molar-refractivity contribution in [3.63, 3.8) is 0 Å². The first-order valence-electron chi connectivity index (χ1n) is 5.84. The summed E-state index contributed by atoms with van der Waals surface area (Å²) in [5, 5.41) is 4.37. The number of nitrogens with two attached hydrogens (primary N) is 1. The molecule has 0 aliphatic carbocycles. The van der Waals surface area contributed by atoms with Crippen LogP contribution in [0.15, 0.2) is 24.4 Å². The Morgan fingerprint density at radius 2 is 2.28 bits per heavy atom. The van der Waals surface area contributed by atoms with Gasteiger partial charge >= 0.3 is 0 Å². The predicted molar refractivity (Wildman–Crippen MR) is 66.4 cm³/mol. The zero-order valence-electron chi connectivity index (χ0n) is 10.2. The summed E-state index contributed by atoms with van der Waals surface area (Å²) in [4.78, 5) is 19.4.